The van der Waals surface area contributed by atoms with Crippen molar-refractivity contribution in [3.8, 4) is 11.3 Å². The van der Waals surface area contributed by atoms with Gasteiger partial charge in [-0.25, -0.2) is 4.98 Å². The van der Waals surface area contributed by atoms with E-state index in [1.54, 1.807) is 36.6 Å². The monoisotopic (exact) mass is 429 g/mol. The summed E-state index contributed by atoms with van der Waals surface area (Å²) in [5.74, 6) is -0.537. The molecule has 5 nitrogen and oxygen atoms in total. The lowest BCUT2D eigenvalue weighted by Gasteiger charge is -2.09. The number of carbonyl (C=O) groups is 1. The van der Waals surface area contributed by atoms with Crippen molar-refractivity contribution >= 4 is 27.9 Å². The van der Waals surface area contributed by atoms with Crippen LogP contribution < -0.4 is 10.9 Å². The van der Waals surface area contributed by atoms with Gasteiger partial charge in [0.2, 0.25) is 0 Å². The van der Waals surface area contributed by atoms with Gasteiger partial charge in [-0.05, 0) is 43.3 Å². The summed E-state index contributed by atoms with van der Waals surface area (Å²) in [7, 11) is 0. The molecule has 2 aromatic heterocycles. The number of nitrogens with zero attached hydrogens (tertiary/aromatic N) is 2. The molecule has 1 N–H and O–H groups in total. The van der Waals surface area contributed by atoms with Gasteiger partial charge in [-0.15, -0.1) is 11.3 Å². The second kappa shape index (κ2) is 7.42. The van der Waals surface area contributed by atoms with E-state index >= 15 is 0 Å². The van der Waals surface area contributed by atoms with E-state index in [1.165, 1.54) is 21.8 Å². The number of benzene rings is 2. The Bertz CT molecular complexity index is 1310. The molecule has 152 valence electrons. The van der Waals surface area contributed by atoms with Crippen LogP contribution in [0.15, 0.2) is 64.8 Å². The van der Waals surface area contributed by atoms with E-state index in [0.717, 1.165) is 24.3 Å². The Balaban J connectivity index is 1.62. The highest BCUT2D eigenvalue weighted by atomic mass is 32.1. The van der Waals surface area contributed by atoms with Gasteiger partial charge in [0.15, 0.2) is 4.96 Å². The highest BCUT2D eigenvalue weighted by molar-refractivity contribution is 7.15. The number of nitrogens with one attached hydrogen (secondary N) is 1. The van der Waals surface area contributed by atoms with Crippen LogP contribution in [0.5, 0.6) is 0 Å². The van der Waals surface area contributed by atoms with Crippen LogP contribution in [0.4, 0.5) is 18.9 Å². The Hall–Kier alpha value is -3.46. The largest absolute Gasteiger partial charge is 0.416 e. The smallest absolute Gasteiger partial charge is 0.322 e. The first-order valence-corrected chi connectivity index (χ1v) is 9.67. The van der Waals surface area contributed by atoms with Gasteiger partial charge in [-0.3, -0.25) is 14.0 Å². The van der Waals surface area contributed by atoms with Crippen molar-refractivity contribution in [3.63, 3.8) is 0 Å². The molecular formula is C21H14F3N3O2S. The van der Waals surface area contributed by atoms with Crippen LogP contribution in [0.3, 0.4) is 0 Å². The van der Waals surface area contributed by atoms with Crippen LogP contribution >= 0.6 is 11.3 Å². The molecule has 4 aromatic rings. The fourth-order valence-corrected chi connectivity index (χ4v) is 3.95. The first kappa shape index (κ1) is 19.8. The maximum Gasteiger partial charge on any atom is 0.416 e. The molecule has 0 saturated carbocycles. The highest BCUT2D eigenvalue weighted by Gasteiger charge is 2.30. The zero-order valence-electron chi connectivity index (χ0n) is 15.5. The molecule has 0 aliphatic heterocycles. The fourth-order valence-electron chi connectivity index (χ4n) is 3.00. The second-order valence-electron chi connectivity index (χ2n) is 6.58. The Morgan fingerprint density at radius 1 is 1.10 bits per heavy atom. The van der Waals surface area contributed by atoms with Gasteiger partial charge in [-0.2, -0.15) is 13.2 Å². The zero-order valence-corrected chi connectivity index (χ0v) is 16.3. The predicted molar refractivity (Wildman–Crippen MR) is 109 cm³/mol. The average molecular weight is 429 g/mol. The summed E-state index contributed by atoms with van der Waals surface area (Å²) >= 11 is 1.33. The van der Waals surface area contributed by atoms with Crippen molar-refractivity contribution in [2.75, 3.05) is 5.32 Å². The summed E-state index contributed by atoms with van der Waals surface area (Å²) in [6.07, 6.45) is -4.46. The minimum atomic E-state index is -4.46. The first-order chi connectivity index (χ1) is 14.2. The minimum absolute atomic E-state index is 0.102. The summed E-state index contributed by atoms with van der Waals surface area (Å²) in [6, 6.07) is 12.3. The molecule has 1 amide bonds. The number of amides is 1. The van der Waals surface area contributed by atoms with Gasteiger partial charge in [0.05, 0.1) is 11.3 Å². The lowest BCUT2D eigenvalue weighted by atomic mass is 10.1. The molecule has 0 aliphatic carbocycles. The quantitative estimate of drug-likeness (QED) is 0.498. The van der Waals surface area contributed by atoms with Crippen LogP contribution in [0.1, 0.15) is 21.6 Å². The lowest BCUT2D eigenvalue weighted by Crippen LogP contribution is -2.14. The maximum absolute atomic E-state index is 12.7. The van der Waals surface area contributed by atoms with Crippen LogP contribution in [0.2, 0.25) is 0 Å². The van der Waals surface area contributed by atoms with E-state index in [1.807, 2.05) is 0 Å². The maximum atomic E-state index is 12.7. The number of rotatable bonds is 3. The molecule has 2 aromatic carbocycles. The number of alkyl halides is 3. The summed E-state index contributed by atoms with van der Waals surface area (Å²) in [5.41, 5.74) is 1.49. The van der Waals surface area contributed by atoms with Crippen molar-refractivity contribution < 1.29 is 18.0 Å². The third kappa shape index (κ3) is 3.84. The van der Waals surface area contributed by atoms with E-state index in [9.17, 15) is 22.8 Å². The molecule has 0 unspecified atom stereocenters. The van der Waals surface area contributed by atoms with Crippen LogP contribution in [-0.4, -0.2) is 15.3 Å². The number of fused-ring (bicyclic) bond motifs is 1. The van der Waals surface area contributed by atoms with Gasteiger partial charge in [0, 0.05) is 34.0 Å². The molecular weight excluding hydrogens is 415 g/mol. The molecule has 2 heterocycles. The number of halogens is 3. The summed E-state index contributed by atoms with van der Waals surface area (Å²) in [6.45, 7) is 1.75. The highest BCUT2D eigenvalue weighted by Crippen LogP contribution is 2.29. The third-order valence-electron chi connectivity index (χ3n) is 4.42. The predicted octanol–water partition coefficient (Wildman–Crippen LogP) is 5.00. The molecule has 30 heavy (non-hydrogen) atoms. The van der Waals surface area contributed by atoms with Gasteiger partial charge in [0.1, 0.15) is 0 Å². The number of anilines is 1. The number of hydrogen-bond donors (Lipinski definition) is 1. The normalized spacial score (nSPS) is 11.6. The standard InChI is InChI=1S/C21H14F3N3O2S/c1-12-9-18(28)27-17(11-30-20(27)25-12)14-3-2-4-16(10-14)26-19(29)13-5-7-15(8-6-13)21(22,23)24/h2-11H,1H3,(H,26,29). The Morgan fingerprint density at radius 2 is 1.83 bits per heavy atom. The molecule has 0 atom stereocenters. The summed E-state index contributed by atoms with van der Waals surface area (Å²) in [5, 5.41) is 4.48. The number of aryl methyl sites for hydroxylation is 1. The molecule has 0 aliphatic rings. The van der Waals surface area contributed by atoms with E-state index in [2.05, 4.69) is 10.3 Å². The third-order valence-corrected chi connectivity index (χ3v) is 5.25. The molecule has 0 bridgehead atoms. The van der Waals surface area contributed by atoms with Gasteiger partial charge >= 0.3 is 6.18 Å². The van der Waals surface area contributed by atoms with Crippen molar-refractivity contribution in [1.29, 1.82) is 0 Å². The van der Waals surface area contributed by atoms with E-state index in [-0.39, 0.29) is 11.1 Å². The molecule has 0 radical (unpaired) electrons. The number of aromatic nitrogens is 2. The van der Waals surface area contributed by atoms with Crippen LogP contribution in [0.25, 0.3) is 16.2 Å². The first-order valence-electron chi connectivity index (χ1n) is 8.79. The summed E-state index contributed by atoms with van der Waals surface area (Å²) < 4.78 is 39.5. The van der Waals surface area contributed by atoms with E-state index in [4.69, 9.17) is 0 Å². The molecule has 9 heteroatoms. The van der Waals surface area contributed by atoms with Crippen molar-refractivity contribution in [2.45, 2.75) is 13.1 Å². The van der Waals surface area contributed by atoms with Crippen molar-refractivity contribution in [1.82, 2.24) is 9.38 Å². The SMILES string of the molecule is Cc1cc(=O)n2c(-c3cccc(NC(=O)c4ccc(C(F)(F)F)cc4)c3)csc2n1. The van der Waals surface area contributed by atoms with Crippen molar-refractivity contribution in [3.05, 3.63) is 87.2 Å². The van der Waals surface area contributed by atoms with E-state index in [0.29, 0.717) is 27.6 Å². The Morgan fingerprint density at radius 3 is 2.53 bits per heavy atom. The van der Waals surface area contributed by atoms with Crippen molar-refractivity contribution in [2.24, 2.45) is 0 Å². The number of carbonyl (C=O) groups excluding carboxylic acids is 1. The Labute approximate surface area is 172 Å². The van der Waals surface area contributed by atoms with Gasteiger partial charge in [0.25, 0.3) is 11.5 Å². The lowest BCUT2D eigenvalue weighted by molar-refractivity contribution is -0.137. The molecule has 0 spiro atoms. The van der Waals surface area contributed by atoms with Gasteiger partial charge < -0.3 is 5.32 Å². The number of hydrogen-bond acceptors (Lipinski definition) is 4. The van der Waals surface area contributed by atoms with Gasteiger partial charge in [-0.1, -0.05) is 12.1 Å². The average Bonchev–Trinajstić information content (AvgIpc) is 3.12. The van der Waals surface area contributed by atoms with E-state index < -0.39 is 17.6 Å². The second-order valence-corrected chi connectivity index (χ2v) is 7.42. The summed E-state index contributed by atoms with van der Waals surface area (Å²) in [4.78, 5) is 29.7. The molecule has 0 fully saturated rings. The molecule has 0 saturated heterocycles. The number of thiazole rings is 1. The zero-order chi connectivity index (χ0) is 21.5. The Kier molecular flexibility index (Phi) is 4.90. The molecule has 4 rings (SSSR count). The fraction of sp³-hybridized carbons (Fsp3) is 0.0952. The topological polar surface area (TPSA) is 63.5 Å². The minimum Gasteiger partial charge on any atom is -0.322 e. The van der Waals surface area contributed by atoms with Crippen LogP contribution in [-0.2, 0) is 6.18 Å². The van der Waals surface area contributed by atoms with Crippen LogP contribution in [0, 0.1) is 6.92 Å².